The van der Waals surface area contributed by atoms with Crippen LogP contribution < -0.4 is 14.4 Å². The zero-order chi connectivity index (χ0) is 25.8. The van der Waals surface area contributed by atoms with Gasteiger partial charge in [0.2, 0.25) is 0 Å². The number of carbonyl (C=O) groups is 2. The van der Waals surface area contributed by atoms with Crippen LogP contribution in [0.5, 0.6) is 11.5 Å². The van der Waals surface area contributed by atoms with Crippen LogP contribution in [0.25, 0.3) is 5.76 Å². The monoisotopic (exact) mass is 506 g/mol. The van der Waals surface area contributed by atoms with Gasteiger partial charge in [0.25, 0.3) is 11.7 Å². The predicted octanol–water partition coefficient (Wildman–Crippen LogP) is 5.72. The molecule has 7 nitrogen and oxygen atoms in total. The van der Waals surface area contributed by atoms with Gasteiger partial charge in [-0.2, -0.15) is 0 Å². The Kier molecular flexibility index (Phi) is 7.60. The normalized spacial score (nSPS) is 16.9. The highest BCUT2D eigenvalue weighted by molar-refractivity contribution is 6.51. The first-order valence-corrected chi connectivity index (χ1v) is 12.0. The molecule has 0 aliphatic carbocycles. The first-order chi connectivity index (χ1) is 17.4. The number of anilines is 1. The molecule has 1 aromatic heterocycles. The van der Waals surface area contributed by atoms with E-state index >= 15 is 0 Å². The summed E-state index contributed by atoms with van der Waals surface area (Å²) in [4.78, 5) is 32.5. The van der Waals surface area contributed by atoms with E-state index in [-0.39, 0.29) is 27.7 Å². The third-order valence-electron chi connectivity index (χ3n) is 6.17. The van der Waals surface area contributed by atoms with Crippen molar-refractivity contribution in [1.29, 1.82) is 0 Å². The number of Topliss-reactive ketones (excluding diaryl/α,β-unsaturated/α-hetero) is 1. The maximum absolute atomic E-state index is 13.4. The highest BCUT2D eigenvalue weighted by Crippen LogP contribution is 2.44. The maximum Gasteiger partial charge on any atom is 0.300 e. The van der Waals surface area contributed by atoms with Crippen LogP contribution in [0.3, 0.4) is 0 Å². The molecule has 0 spiro atoms. The van der Waals surface area contributed by atoms with E-state index in [0.717, 1.165) is 24.8 Å². The second-order valence-corrected chi connectivity index (χ2v) is 8.79. The number of pyridine rings is 1. The second kappa shape index (κ2) is 10.8. The van der Waals surface area contributed by atoms with Crippen molar-refractivity contribution in [3.8, 4) is 11.5 Å². The number of carbonyl (C=O) groups excluding carboxylic acids is 2. The van der Waals surface area contributed by atoms with E-state index in [4.69, 9.17) is 21.1 Å². The summed E-state index contributed by atoms with van der Waals surface area (Å²) in [5, 5.41) is 11.7. The van der Waals surface area contributed by atoms with Crippen molar-refractivity contribution in [2.45, 2.75) is 32.2 Å². The molecule has 1 atom stereocenters. The lowest BCUT2D eigenvalue weighted by atomic mass is 9.97. The SMILES string of the molecule is CCCCc1ccc(N2C(=O)C(=O)/C(=C(/O)c3cc(OC)c(Cl)cc3OC)C2c2ccccn2)cc1. The fourth-order valence-electron chi connectivity index (χ4n) is 4.31. The molecule has 1 aliphatic heterocycles. The van der Waals surface area contributed by atoms with E-state index in [0.29, 0.717) is 11.4 Å². The molecule has 0 saturated carbocycles. The quantitative estimate of drug-likeness (QED) is 0.239. The summed E-state index contributed by atoms with van der Waals surface area (Å²) in [6, 6.07) is 14.8. The molecule has 1 saturated heterocycles. The molecule has 1 unspecified atom stereocenters. The molecule has 2 heterocycles. The number of methoxy groups -OCH3 is 2. The standard InChI is InChI=1S/C28H27ClN2O5/c1-4-5-8-17-10-12-18(13-11-17)31-25(21-9-6-7-14-30-21)24(27(33)28(31)34)26(32)19-15-23(36-3)20(29)16-22(19)35-2/h6-7,9-16,25,32H,4-5,8H2,1-3H3/b26-24+. The van der Waals surface area contributed by atoms with Crippen LogP contribution in [0, 0.1) is 0 Å². The minimum absolute atomic E-state index is 0.101. The average Bonchev–Trinajstić information content (AvgIpc) is 3.17. The predicted molar refractivity (Wildman–Crippen MR) is 139 cm³/mol. The van der Waals surface area contributed by atoms with Crippen LogP contribution in [-0.4, -0.2) is 36.0 Å². The number of amides is 1. The summed E-state index contributed by atoms with van der Waals surface area (Å²) < 4.78 is 10.7. The van der Waals surface area contributed by atoms with E-state index in [2.05, 4.69) is 11.9 Å². The van der Waals surface area contributed by atoms with Crippen LogP contribution in [-0.2, 0) is 16.0 Å². The number of aliphatic hydroxyl groups is 1. The lowest BCUT2D eigenvalue weighted by Gasteiger charge is -2.25. The van der Waals surface area contributed by atoms with Gasteiger partial charge in [-0.3, -0.25) is 19.5 Å². The molecule has 1 N–H and O–H groups in total. The number of rotatable bonds is 8. The number of hydrogen-bond donors (Lipinski definition) is 1. The largest absolute Gasteiger partial charge is 0.507 e. The number of halogens is 1. The molecule has 0 radical (unpaired) electrons. The van der Waals surface area contributed by atoms with Crippen LogP contribution in [0.4, 0.5) is 5.69 Å². The maximum atomic E-state index is 13.4. The zero-order valence-corrected chi connectivity index (χ0v) is 21.1. The first kappa shape index (κ1) is 25.3. The van der Waals surface area contributed by atoms with Gasteiger partial charge in [-0.05, 0) is 48.7 Å². The van der Waals surface area contributed by atoms with Crippen LogP contribution in [0.1, 0.15) is 42.6 Å². The van der Waals surface area contributed by atoms with Crippen molar-refractivity contribution >= 4 is 34.7 Å². The summed E-state index contributed by atoms with van der Waals surface area (Å²) in [7, 11) is 2.86. The Morgan fingerprint density at radius 2 is 1.78 bits per heavy atom. The van der Waals surface area contributed by atoms with Gasteiger partial charge in [0.1, 0.15) is 23.3 Å². The van der Waals surface area contributed by atoms with Gasteiger partial charge in [-0.1, -0.05) is 43.1 Å². The van der Waals surface area contributed by atoms with Gasteiger partial charge in [0.15, 0.2) is 0 Å². The van der Waals surface area contributed by atoms with Crippen molar-refractivity contribution in [1.82, 2.24) is 4.98 Å². The molecule has 1 fully saturated rings. The summed E-state index contributed by atoms with van der Waals surface area (Å²) in [5.74, 6) is -1.48. The first-order valence-electron chi connectivity index (χ1n) is 11.6. The van der Waals surface area contributed by atoms with Crippen molar-refractivity contribution < 1.29 is 24.2 Å². The molecular formula is C28H27ClN2O5. The summed E-state index contributed by atoms with van der Waals surface area (Å²) in [5.41, 5.74) is 2.19. The topological polar surface area (TPSA) is 89.0 Å². The van der Waals surface area contributed by atoms with Crippen LogP contribution >= 0.6 is 11.6 Å². The fourth-order valence-corrected chi connectivity index (χ4v) is 4.54. The van der Waals surface area contributed by atoms with Gasteiger partial charge in [0.05, 0.1) is 36.1 Å². The Morgan fingerprint density at radius 1 is 1.06 bits per heavy atom. The number of nitrogens with zero attached hydrogens (tertiary/aromatic N) is 2. The minimum atomic E-state index is -0.945. The van der Waals surface area contributed by atoms with E-state index in [9.17, 15) is 14.7 Å². The second-order valence-electron chi connectivity index (χ2n) is 8.38. The molecule has 4 rings (SSSR count). The number of aryl methyl sites for hydroxylation is 1. The van der Waals surface area contributed by atoms with E-state index in [1.54, 1.807) is 24.4 Å². The van der Waals surface area contributed by atoms with Crippen molar-refractivity contribution in [2.24, 2.45) is 0 Å². The third-order valence-corrected chi connectivity index (χ3v) is 6.47. The number of ketones is 1. The van der Waals surface area contributed by atoms with E-state index in [1.165, 1.54) is 31.3 Å². The molecule has 1 amide bonds. The highest BCUT2D eigenvalue weighted by Gasteiger charge is 2.48. The minimum Gasteiger partial charge on any atom is -0.507 e. The van der Waals surface area contributed by atoms with Gasteiger partial charge in [-0.15, -0.1) is 0 Å². The smallest absolute Gasteiger partial charge is 0.300 e. The van der Waals surface area contributed by atoms with Gasteiger partial charge in [0, 0.05) is 18.0 Å². The molecule has 186 valence electrons. The van der Waals surface area contributed by atoms with Crippen molar-refractivity contribution in [2.75, 3.05) is 19.1 Å². The number of unbranched alkanes of at least 4 members (excludes halogenated alkanes) is 1. The number of hydrogen-bond acceptors (Lipinski definition) is 6. The van der Waals surface area contributed by atoms with E-state index < -0.39 is 23.5 Å². The summed E-state index contributed by atoms with van der Waals surface area (Å²) >= 11 is 6.23. The van der Waals surface area contributed by atoms with Gasteiger partial charge in [-0.25, -0.2) is 0 Å². The average molecular weight is 507 g/mol. The summed E-state index contributed by atoms with van der Waals surface area (Å²) in [6.07, 6.45) is 4.64. The Balaban J connectivity index is 1.90. The Morgan fingerprint density at radius 3 is 2.39 bits per heavy atom. The third kappa shape index (κ3) is 4.66. The zero-order valence-electron chi connectivity index (χ0n) is 20.3. The van der Waals surface area contributed by atoms with Crippen molar-refractivity contribution in [3.05, 3.63) is 88.2 Å². The molecule has 8 heteroatoms. The Hall–Kier alpha value is -3.84. The number of ether oxygens (including phenoxy) is 2. The molecule has 36 heavy (non-hydrogen) atoms. The van der Waals surface area contributed by atoms with Crippen LogP contribution in [0.2, 0.25) is 5.02 Å². The molecule has 0 bridgehead atoms. The van der Waals surface area contributed by atoms with Crippen LogP contribution in [0.15, 0.2) is 66.4 Å². The Bertz CT molecular complexity index is 1310. The molecule has 2 aromatic carbocycles. The fraction of sp³-hybridized carbons (Fsp3) is 0.250. The number of benzene rings is 2. The lowest BCUT2D eigenvalue weighted by Crippen LogP contribution is -2.29. The molecule has 1 aliphatic rings. The summed E-state index contributed by atoms with van der Waals surface area (Å²) in [6.45, 7) is 2.13. The number of aliphatic hydroxyl groups excluding tert-OH is 1. The molecule has 3 aromatic rings. The highest BCUT2D eigenvalue weighted by atomic mass is 35.5. The lowest BCUT2D eigenvalue weighted by molar-refractivity contribution is -0.132. The van der Waals surface area contributed by atoms with Gasteiger partial charge < -0.3 is 14.6 Å². The van der Waals surface area contributed by atoms with Crippen molar-refractivity contribution in [3.63, 3.8) is 0 Å². The Labute approximate surface area is 214 Å². The number of aromatic nitrogens is 1. The van der Waals surface area contributed by atoms with E-state index in [1.807, 2.05) is 24.3 Å². The molecular weight excluding hydrogens is 480 g/mol. The van der Waals surface area contributed by atoms with Gasteiger partial charge >= 0.3 is 0 Å².